The number of ether oxygens (including phenoxy) is 3. The highest BCUT2D eigenvalue weighted by Gasteiger charge is 2.09. The molecule has 2 aromatic rings. The lowest BCUT2D eigenvalue weighted by Gasteiger charge is -2.08. The molecular formula is C20H20FNO5. The first kappa shape index (κ1) is 20.0. The third kappa shape index (κ3) is 5.85. The first-order valence-corrected chi connectivity index (χ1v) is 8.06. The number of carbonyl (C=O) groups is 2. The van der Waals surface area contributed by atoms with Crippen LogP contribution in [0.15, 0.2) is 42.5 Å². The van der Waals surface area contributed by atoms with Crippen molar-refractivity contribution in [2.75, 3.05) is 26.1 Å². The van der Waals surface area contributed by atoms with Crippen molar-refractivity contribution in [3.8, 4) is 11.5 Å². The summed E-state index contributed by atoms with van der Waals surface area (Å²) in [5.41, 5.74) is 1.64. The summed E-state index contributed by atoms with van der Waals surface area (Å²) in [6.07, 6.45) is 2.68. The molecule has 0 atom stereocenters. The zero-order chi connectivity index (χ0) is 19.8. The number of hydrogen-bond acceptors (Lipinski definition) is 5. The lowest BCUT2D eigenvalue weighted by Crippen LogP contribution is -2.20. The van der Waals surface area contributed by atoms with Crippen LogP contribution in [0.25, 0.3) is 6.08 Å². The molecule has 0 saturated heterocycles. The van der Waals surface area contributed by atoms with Crippen LogP contribution in [0.3, 0.4) is 0 Å². The van der Waals surface area contributed by atoms with Crippen molar-refractivity contribution >= 4 is 23.6 Å². The average Bonchev–Trinajstić information content (AvgIpc) is 2.67. The Hall–Kier alpha value is -3.35. The summed E-state index contributed by atoms with van der Waals surface area (Å²) in [4.78, 5) is 23.7. The number of amides is 1. The zero-order valence-electron chi connectivity index (χ0n) is 15.2. The SMILES string of the molecule is COc1ccc(OC)c(/C=C/C(=O)OCC(=O)Nc2cc(F)ccc2C)c1. The Morgan fingerprint density at radius 2 is 1.89 bits per heavy atom. The molecule has 2 rings (SSSR count). The number of rotatable bonds is 7. The third-order valence-electron chi connectivity index (χ3n) is 3.66. The van der Waals surface area contributed by atoms with Gasteiger partial charge in [0.15, 0.2) is 6.61 Å². The molecule has 0 aliphatic rings. The number of anilines is 1. The van der Waals surface area contributed by atoms with Gasteiger partial charge < -0.3 is 19.5 Å². The van der Waals surface area contributed by atoms with E-state index in [0.717, 1.165) is 0 Å². The third-order valence-corrected chi connectivity index (χ3v) is 3.66. The lowest BCUT2D eigenvalue weighted by atomic mass is 10.1. The minimum absolute atomic E-state index is 0.327. The second-order valence-electron chi connectivity index (χ2n) is 5.56. The summed E-state index contributed by atoms with van der Waals surface area (Å²) in [7, 11) is 3.04. The predicted octanol–water partition coefficient (Wildman–Crippen LogP) is 3.35. The maximum atomic E-state index is 13.2. The summed E-state index contributed by atoms with van der Waals surface area (Å²) in [5.74, 6) is -0.578. The highest BCUT2D eigenvalue weighted by molar-refractivity contribution is 5.95. The minimum Gasteiger partial charge on any atom is -0.497 e. The van der Waals surface area contributed by atoms with Crippen molar-refractivity contribution in [2.24, 2.45) is 0 Å². The van der Waals surface area contributed by atoms with E-state index in [4.69, 9.17) is 14.2 Å². The predicted molar refractivity (Wildman–Crippen MR) is 99.3 cm³/mol. The Labute approximate surface area is 156 Å². The van der Waals surface area contributed by atoms with Gasteiger partial charge in [-0.05, 0) is 48.9 Å². The van der Waals surface area contributed by atoms with E-state index in [9.17, 15) is 14.0 Å². The van der Waals surface area contributed by atoms with Gasteiger partial charge >= 0.3 is 5.97 Å². The van der Waals surface area contributed by atoms with Crippen molar-refractivity contribution in [1.82, 2.24) is 0 Å². The van der Waals surface area contributed by atoms with E-state index in [2.05, 4.69) is 5.32 Å². The molecule has 0 aromatic heterocycles. The largest absolute Gasteiger partial charge is 0.497 e. The van der Waals surface area contributed by atoms with E-state index in [0.29, 0.717) is 28.3 Å². The Kier molecular flexibility index (Phi) is 6.93. The van der Waals surface area contributed by atoms with E-state index in [1.54, 1.807) is 31.2 Å². The molecule has 0 unspecified atom stereocenters. The van der Waals surface area contributed by atoms with E-state index in [1.807, 2.05) is 0 Å². The fourth-order valence-electron chi connectivity index (χ4n) is 2.23. The molecule has 2 aromatic carbocycles. The monoisotopic (exact) mass is 373 g/mol. The molecule has 0 heterocycles. The Morgan fingerprint density at radius 1 is 1.11 bits per heavy atom. The highest BCUT2D eigenvalue weighted by Crippen LogP contribution is 2.25. The number of nitrogens with one attached hydrogen (secondary N) is 1. The number of aryl methyl sites for hydroxylation is 1. The van der Waals surface area contributed by atoms with Gasteiger partial charge in [-0.15, -0.1) is 0 Å². The maximum absolute atomic E-state index is 13.2. The first-order valence-electron chi connectivity index (χ1n) is 8.06. The maximum Gasteiger partial charge on any atom is 0.331 e. The molecule has 0 bridgehead atoms. The summed E-state index contributed by atoms with van der Waals surface area (Å²) in [6, 6.07) is 9.17. The van der Waals surface area contributed by atoms with Gasteiger partial charge in [-0.3, -0.25) is 4.79 Å². The fourth-order valence-corrected chi connectivity index (χ4v) is 2.23. The van der Waals surface area contributed by atoms with Gasteiger partial charge in [0.25, 0.3) is 5.91 Å². The van der Waals surface area contributed by atoms with Crippen molar-refractivity contribution in [1.29, 1.82) is 0 Å². The molecule has 0 spiro atoms. The zero-order valence-corrected chi connectivity index (χ0v) is 15.2. The topological polar surface area (TPSA) is 73.9 Å². The van der Waals surface area contributed by atoms with Crippen molar-refractivity contribution in [3.05, 3.63) is 59.4 Å². The molecule has 0 aliphatic heterocycles. The van der Waals surface area contributed by atoms with Crippen LogP contribution in [0.2, 0.25) is 0 Å². The van der Waals surface area contributed by atoms with Crippen LogP contribution in [-0.4, -0.2) is 32.7 Å². The van der Waals surface area contributed by atoms with Gasteiger partial charge in [-0.2, -0.15) is 0 Å². The summed E-state index contributed by atoms with van der Waals surface area (Å²) >= 11 is 0. The van der Waals surface area contributed by atoms with Crippen LogP contribution in [0.1, 0.15) is 11.1 Å². The molecule has 1 amide bonds. The average molecular weight is 373 g/mol. The Bertz CT molecular complexity index is 863. The van der Waals surface area contributed by atoms with E-state index < -0.39 is 24.3 Å². The molecule has 6 nitrogen and oxygen atoms in total. The van der Waals surface area contributed by atoms with Gasteiger partial charge in [-0.1, -0.05) is 6.07 Å². The van der Waals surface area contributed by atoms with E-state index in [1.165, 1.54) is 38.5 Å². The van der Waals surface area contributed by atoms with Crippen LogP contribution in [0, 0.1) is 12.7 Å². The number of halogens is 1. The Balaban J connectivity index is 1.93. The van der Waals surface area contributed by atoms with Gasteiger partial charge in [0.1, 0.15) is 17.3 Å². The summed E-state index contributed by atoms with van der Waals surface area (Å²) in [5, 5.41) is 2.50. The summed E-state index contributed by atoms with van der Waals surface area (Å²) in [6.45, 7) is 1.24. The molecule has 0 fully saturated rings. The second-order valence-corrected chi connectivity index (χ2v) is 5.56. The standard InChI is InChI=1S/C20H20FNO5/c1-13-4-6-15(21)11-17(13)22-19(23)12-27-20(24)9-5-14-10-16(25-2)7-8-18(14)26-3/h4-11H,12H2,1-3H3,(H,22,23)/b9-5+. The highest BCUT2D eigenvalue weighted by atomic mass is 19.1. The van der Waals surface area contributed by atoms with Gasteiger partial charge in [0, 0.05) is 17.3 Å². The number of hydrogen-bond donors (Lipinski definition) is 1. The van der Waals surface area contributed by atoms with Crippen LogP contribution in [0.4, 0.5) is 10.1 Å². The number of benzene rings is 2. The molecule has 142 valence electrons. The van der Waals surface area contributed by atoms with Crippen molar-refractivity contribution in [3.63, 3.8) is 0 Å². The number of esters is 1. The number of methoxy groups -OCH3 is 2. The van der Waals surface area contributed by atoms with Crippen LogP contribution in [-0.2, 0) is 14.3 Å². The first-order chi connectivity index (χ1) is 12.9. The summed E-state index contributed by atoms with van der Waals surface area (Å²) < 4.78 is 28.5. The van der Waals surface area contributed by atoms with Crippen LogP contribution in [0.5, 0.6) is 11.5 Å². The van der Waals surface area contributed by atoms with E-state index >= 15 is 0 Å². The van der Waals surface area contributed by atoms with Crippen molar-refractivity contribution in [2.45, 2.75) is 6.92 Å². The molecular weight excluding hydrogens is 353 g/mol. The second kappa shape index (κ2) is 9.38. The van der Waals surface area contributed by atoms with Gasteiger partial charge in [-0.25, -0.2) is 9.18 Å². The molecule has 1 N–H and O–H groups in total. The molecule has 0 saturated carbocycles. The molecule has 0 radical (unpaired) electrons. The number of carbonyl (C=O) groups excluding carboxylic acids is 2. The smallest absolute Gasteiger partial charge is 0.331 e. The molecule has 27 heavy (non-hydrogen) atoms. The normalized spacial score (nSPS) is 10.5. The van der Waals surface area contributed by atoms with Gasteiger partial charge in [0.05, 0.1) is 14.2 Å². The molecule has 7 heteroatoms. The van der Waals surface area contributed by atoms with E-state index in [-0.39, 0.29) is 0 Å². The quantitative estimate of drug-likeness (QED) is 0.595. The Morgan fingerprint density at radius 3 is 2.59 bits per heavy atom. The lowest BCUT2D eigenvalue weighted by molar-refractivity contribution is -0.142. The van der Waals surface area contributed by atoms with Crippen LogP contribution < -0.4 is 14.8 Å². The fraction of sp³-hybridized carbons (Fsp3) is 0.200. The minimum atomic E-state index is -0.703. The van der Waals surface area contributed by atoms with Gasteiger partial charge in [0.2, 0.25) is 0 Å². The molecule has 0 aliphatic carbocycles. The van der Waals surface area contributed by atoms with Crippen molar-refractivity contribution < 1.29 is 28.2 Å². The van der Waals surface area contributed by atoms with Crippen LogP contribution >= 0.6 is 0 Å².